The van der Waals surface area contributed by atoms with E-state index in [1.165, 1.54) is 7.11 Å². The second-order valence-electron chi connectivity index (χ2n) is 4.10. The van der Waals surface area contributed by atoms with Crippen molar-refractivity contribution in [2.45, 2.75) is 13.0 Å². The van der Waals surface area contributed by atoms with E-state index in [1.807, 2.05) is 18.2 Å². The van der Waals surface area contributed by atoms with E-state index in [0.29, 0.717) is 19.8 Å². The van der Waals surface area contributed by atoms with Crippen LogP contribution in [0.4, 0.5) is 0 Å². The lowest BCUT2D eigenvalue weighted by Gasteiger charge is -2.12. The molecule has 0 spiro atoms. The molecule has 0 fully saturated rings. The Hall–Kier alpha value is -1.11. The molecule has 0 saturated heterocycles. The summed E-state index contributed by atoms with van der Waals surface area (Å²) in [6.07, 6.45) is 0.239. The summed E-state index contributed by atoms with van der Waals surface area (Å²) in [6, 6.07) is 5.79. The van der Waals surface area contributed by atoms with Crippen LogP contribution in [-0.2, 0) is 20.8 Å². The molecule has 0 atom stereocenters. The third-order valence-corrected chi connectivity index (χ3v) is 3.11. The zero-order valence-electron chi connectivity index (χ0n) is 11.8. The predicted octanol–water partition coefficient (Wildman–Crippen LogP) is 2.13. The van der Waals surface area contributed by atoms with Crippen LogP contribution >= 0.6 is 15.9 Å². The Morgan fingerprint density at radius 3 is 2.80 bits per heavy atom. The average molecular weight is 346 g/mol. The minimum Gasteiger partial charge on any atom is -0.493 e. The van der Waals surface area contributed by atoms with E-state index < -0.39 is 0 Å². The van der Waals surface area contributed by atoms with Crippen molar-refractivity contribution in [1.29, 1.82) is 0 Å². The molecule has 0 bridgehead atoms. The van der Waals surface area contributed by atoms with E-state index in [2.05, 4.69) is 26.0 Å². The monoisotopic (exact) mass is 345 g/mol. The van der Waals surface area contributed by atoms with Crippen LogP contribution in [0.2, 0.25) is 0 Å². The SMILES string of the molecule is COCCNCc1cc(Br)ccc1OCCC(=O)OC. The van der Waals surface area contributed by atoms with Crippen molar-refractivity contribution in [2.24, 2.45) is 0 Å². The molecule has 0 aliphatic heterocycles. The summed E-state index contributed by atoms with van der Waals surface area (Å²) in [7, 11) is 3.04. The highest BCUT2D eigenvalue weighted by Gasteiger charge is 2.06. The Labute approximate surface area is 127 Å². The number of carbonyl (C=O) groups excluding carboxylic acids is 1. The topological polar surface area (TPSA) is 56.8 Å². The van der Waals surface area contributed by atoms with Gasteiger partial charge in [-0.1, -0.05) is 15.9 Å². The summed E-state index contributed by atoms with van der Waals surface area (Å²) >= 11 is 3.44. The molecule has 0 radical (unpaired) electrons. The number of rotatable bonds is 9. The number of hydrogen-bond donors (Lipinski definition) is 1. The number of hydrogen-bond acceptors (Lipinski definition) is 5. The van der Waals surface area contributed by atoms with Gasteiger partial charge in [-0.05, 0) is 18.2 Å². The molecule has 20 heavy (non-hydrogen) atoms. The number of esters is 1. The quantitative estimate of drug-likeness (QED) is 0.548. The fourth-order valence-corrected chi connectivity index (χ4v) is 1.98. The van der Waals surface area contributed by atoms with Gasteiger partial charge < -0.3 is 19.5 Å². The van der Waals surface area contributed by atoms with Crippen LogP contribution < -0.4 is 10.1 Å². The maximum Gasteiger partial charge on any atom is 0.308 e. The molecule has 0 amide bonds. The number of ether oxygens (including phenoxy) is 3. The molecule has 0 unspecified atom stereocenters. The highest BCUT2D eigenvalue weighted by Crippen LogP contribution is 2.23. The average Bonchev–Trinajstić information content (AvgIpc) is 2.45. The summed E-state index contributed by atoms with van der Waals surface area (Å²) in [4.78, 5) is 11.0. The van der Waals surface area contributed by atoms with Gasteiger partial charge in [-0.2, -0.15) is 0 Å². The van der Waals surface area contributed by atoms with Crippen LogP contribution in [0.3, 0.4) is 0 Å². The van der Waals surface area contributed by atoms with E-state index in [4.69, 9.17) is 9.47 Å². The lowest BCUT2D eigenvalue weighted by molar-refractivity contribution is -0.141. The van der Waals surface area contributed by atoms with Crippen LogP contribution in [0.25, 0.3) is 0 Å². The Morgan fingerprint density at radius 1 is 1.30 bits per heavy atom. The van der Waals surface area contributed by atoms with E-state index in [-0.39, 0.29) is 12.4 Å². The molecule has 0 aliphatic carbocycles. The van der Waals surface area contributed by atoms with Crippen molar-refractivity contribution < 1.29 is 19.0 Å². The van der Waals surface area contributed by atoms with E-state index in [1.54, 1.807) is 7.11 Å². The fourth-order valence-electron chi connectivity index (χ4n) is 1.57. The number of carbonyl (C=O) groups is 1. The maximum absolute atomic E-state index is 11.0. The van der Waals surface area contributed by atoms with Gasteiger partial charge in [0.2, 0.25) is 0 Å². The smallest absolute Gasteiger partial charge is 0.308 e. The lowest BCUT2D eigenvalue weighted by atomic mass is 10.2. The van der Waals surface area contributed by atoms with Gasteiger partial charge in [0.25, 0.3) is 0 Å². The maximum atomic E-state index is 11.0. The van der Waals surface area contributed by atoms with E-state index >= 15 is 0 Å². The molecule has 1 N–H and O–H groups in total. The molecule has 0 aliphatic rings. The van der Waals surface area contributed by atoms with Crippen LogP contribution in [0.15, 0.2) is 22.7 Å². The van der Waals surface area contributed by atoms with Crippen LogP contribution in [-0.4, -0.2) is 39.9 Å². The second kappa shape index (κ2) is 9.74. The third kappa shape index (κ3) is 6.36. The van der Waals surface area contributed by atoms with E-state index in [0.717, 1.165) is 22.3 Å². The van der Waals surface area contributed by atoms with Gasteiger partial charge in [0, 0.05) is 30.2 Å². The summed E-state index contributed by atoms with van der Waals surface area (Å²) < 4.78 is 16.2. The molecule has 1 aromatic rings. The molecule has 5 nitrogen and oxygen atoms in total. The first kappa shape index (κ1) is 16.9. The molecule has 1 rings (SSSR count). The number of halogens is 1. The number of nitrogens with one attached hydrogen (secondary N) is 1. The first-order valence-corrected chi connectivity index (χ1v) is 7.14. The standard InChI is InChI=1S/C14H20BrNO4/c1-18-8-6-16-10-11-9-12(15)3-4-13(11)20-7-5-14(17)19-2/h3-4,9,16H,5-8,10H2,1-2H3. The number of methoxy groups -OCH3 is 2. The molecule has 0 saturated carbocycles. The van der Waals surface area contributed by atoms with Gasteiger partial charge in [-0.25, -0.2) is 0 Å². The van der Waals surface area contributed by atoms with Gasteiger partial charge in [-0.15, -0.1) is 0 Å². The highest BCUT2D eigenvalue weighted by molar-refractivity contribution is 9.10. The normalized spacial score (nSPS) is 10.3. The van der Waals surface area contributed by atoms with Gasteiger partial charge in [0.1, 0.15) is 5.75 Å². The Kier molecular flexibility index (Phi) is 8.25. The molecule has 6 heteroatoms. The third-order valence-electron chi connectivity index (χ3n) is 2.61. The first-order chi connectivity index (χ1) is 9.67. The number of benzene rings is 1. The van der Waals surface area contributed by atoms with Crippen molar-refractivity contribution >= 4 is 21.9 Å². The molecular weight excluding hydrogens is 326 g/mol. The molecule has 0 aromatic heterocycles. The van der Waals surface area contributed by atoms with Crippen molar-refractivity contribution in [3.05, 3.63) is 28.2 Å². The zero-order valence-corrected chi connectivity index (χ0v) is 13.4. The fraction of sp³-hybridized carbons (Fsp3) is 0.500. The first-order valence-electron chi connectivity index (χ1n) is 6.35. The van der Waals surface area contributed by atoms with Crippen molar-refractivity contribution in [3.63, 3.8) is 0 Å². The summed E-state index contributed by atoms with van der Waals surface area (Å²) in [6.45, 7) is 2.41. The summed E-state index contributed by atoms with van der Waals surface area (Å²) in [5.74, 6) is 0.490. The highest BCUT2D eigenvalue weighted by atomic mass is 79.9. The van der Waals surface area contributed by atoms with Crippen molar-refractivity contribution in [2.75, 3.05) is 34.0 Å². The largest absolute Gasteiger partial charge is 0.493 e. The van der Waals surface area contributed by atoms with E-state index in [9.17, 15) is 4.79 Å². The molecular formula is C14H20BrNO4. The molecule has 0 heterocycles. The van der Waals surface area contributed by atoms with Crippen LogP contribution in [0, 0.1) is 0 Å². The van der Waals surface area contributed by atoms with Gasteiger partial charge >= 0.3 is 5.97 Å². The predicted molar refractivity (Wildman–Crippen MR) is 79.9 cm³/mol. The van der Waals surface area contributed by atoms with Crippen molar-refractivity contribution in [1.82, 2.24) is 5.32 Å². The Bertz CT molecular complexity index is 426. The summed E-state index contributed by atoms with van der Waals surface area (Å²) in [5.41, 5.74) is 1.03. The van der Waals surface area contributed by atoms with Crippen molar-refractivity contribution in [3.8, 4) is 5.75 Å². The van der Waals surface area contributed by atoms with Crippen LogP contribution in [0.1, 0.15) is 12.0 Å². The Morgan fingerprint density at radius 2 is 2.10 bits per heavy atom. The lowest BCUT2D eigenvalue weighted by Crippen LogP contribution is -2.19. The van der Waals surface area contributed by atoms with Gasteiger partial charge in [0.15, 0.2) is 0 Å². The van der Waals surface area contributed by atoms with Gasteiger partial charge in [-0.3, -0.25) is 4.79 Å². The minimum atomic E-state index is -0.276. The minimum absolute atomic E-state index is 0.239. The summed E-state index contributed by atoms with van der Waals surface area (Å²) in [5, 5.41) is 3.26. The van der Waals surface area contributed by atoms with Gasteiger partial charge in [0.05, 0.1) is 26.7 Å². The molecule has 112 valence electrons. The Balaban J connectivity index is 2.53. The zero-order chi connectivity index (χ0) is 14.8. The van der Waals surface area contributed by atoms with Crippen LogP contribution in [0.5, 0.6) is 5.75 Å². The second-order valence-corrected chi connectivity index (χ2v) is 5.01. The molecule has 1 aromatic carbocycles.